The zero-order valence-electron chi connectivity index (χ0n) is 32.9. The molecule has 2 fully saturated rings. The van der Waals surface area contributed by atoms with E-state index >= 15 is 0 Å². The first-order valence-electron chi connectivity index (χ1n) is 19.5. The highest BCUT2D eigenvalue weighted by molar-refractivity contribution is 7.92. The first kappa shape index (κ1) is 41.0. The minimum atomic E-state index is -3.57. The van der Waals surface area contributed by atoms with Gasteiger partial charge in [-0.05, 0) is 125 Å². The van der Waals surface area contributed by atoms with Crippen molar-refractivity contribution < 1.29 is 22.7 Å². The second kappa shape index (κ2) is 16.9. The van der Waals surface area contributed by atoms with Crippen LogP contribution < -0.4 is 20.7 Å². The summed E-state index contributed by atoms with van der Waals surface area (Å²) in [7, 11) is -3.57. The van der Waals surface area contributed by atoms with Crippen molar-refractivity contribution in [3.63, 3.8) is 0 Å². The Balaban J connectivity index is 1.02. The Hall–Kier alpha value is -4.21. The highest BCUT2D eigenvalue weighted by Crippen LogP contribution is 2.41. The fourth-order valence-electron chi connectivity index (χ4n) is 7.98. The quantitative estimate of drug-likeness (QED) is 0.0819. The van der Waals surface area contributed by atoms with Crippen LogP contribution in [0.1, 0.15) is 92.5 Å². The van der Waals surface area contributed by atoms with E-state index in [0.29, 0.717) is 36.7 Å². The number of sulfone groups is 1. The van der Waals surface area contributed by atoms with Gasteiger partial charge in [0.05, 0.1) is 45.2 Å². The van der Waals surface area contributed by atoms with Gasteiger partial charge >= 0.3 is 0 Å². The molecule has 3 aliphatic heterocycles. The Morgan fingerprint density at radius 3 is 2.46 bits per heavy atom. The first-order valence-corrected chi connectivity index (χ1v) is 21.9. The minimum absolute atomic E-state index is 0.0769. The van der Waals surface area contributed by atoms with Crippen molar-refractivity contribution >= 4 is 69.0 Å². The molecule has 0 saturated carbocycles. The van der Waals surface area contributed by atoms with E-state index in [2.05, 4.69) is 73.0 Å². The summed E-state index contributed by atoms with van der Waals surface area (Å²) in [6.07, 6.45) is 4.28. The monoisotopic (exact) mass is 831 g/mol. The van der Waals surface area contributed by atoms with Crippen molar-refractivity contribution in [2.45, 2.75) is 107 Å². The normalized spacial score (nSPS) is 19.5. The number of piperidine rings is 2. The third-order valence-electron chi connectivity index (χ3n) is 11.0. The van der Waals surface area contributed by atoms with Gasteiger partial charge in [0.1, 0.15) is 10.8 Å². The maximum Gasteiger partial charge on any atom is 0.243 e. The SMILES string of the molecule is Cc1cc(Nc2ncc(Cl)c(Nc3ccccc3S(=O)(=O)C(C)C)n2)c(OC(C)C)cc1C1CCN(Cc2ccc3c(c2)CN(C2CCC(=O)NC2=O)C3S)CC1. The van der Waals surface area contributed by atoms with Crippen LogP contribution in [-0.2, 0) is 32.5 Å². The fourth-order valence-corrected chi connectivity index (χ4v) is 9.81. The Bertz CT molecular complexity index is 2280. The van der Waals surface area contributed by atoms with E-state index in [1.807, 2.05) is 13.8 Å². The Labute approximate surface area is 345 Å². The zero-order chi connectivity index (χ0) is 40.6. The summed E-state index contributed by atoms with van der Waals surface area (Å²) in [6.45, 7) is 12.8. The molecular weight excluding hydrogens is 782 g/mol. The van der Waals surface area contributed by atoms with Gasteiger partial charge in [0.2, 0.25) is 17.8 Å². The summed E-state index contributed by atoms with van der Waals surface area (Å²) in [5.74, 6) is 1.17. The molecule has 2 atom stereocenters. The molecule has 0 aliphatic carbocycles. The van der Waals surface area contributed by atoms with Gasteiger partial charge in [0.25, 0.3) is 0 Å². The third kappa shape index (κ3) is 8.95. The van der Waals surface area contributed by atoms with Crippen molar-refractivity contribution in [3.05, 3.63) is 93.6 Å². The molecule has 4 heterocycles. The summed E-state index contributed by atoms with van der Waals surface area (Å²) in [6, 6.07) is 17.1. The molecule has 57 heavy (non-hydrogen) atoms. The number of fused-ring (bicyclic) bond motifs is 1. The number of anilines is 4. The summed E-state index contributed by atoms with van der Waals surface area (Å²) in [4.78, 5) is 38.1. The lowest BCUT2D eigenvalue weighted by Gasteiger charge is -2.33. The Morgan fingerprint density at radius 2 is 1.74 bits per heavy atom. The van der Waals surface area contributed by atoms with Crippen LogP contribution in [0.5, 0.6) is 5.75 Å². The van der Waals surface area contributed by atoms with E-state index in [0.717, 1.165) is 49.3 Å². The lowest BCUT2D eigenvalue weighted by molar-refractivity contribution is -0.137. The van der Waals surface area contributed by atoms with Crippen LogP contribution in [-0.4, -0.2) is 70.5 Å². The number of carbonyl (C=O) groups excluding carboxylic acids is 2. The Morgan fingerprint density at radius 1 is 0.982 bits per heavy atom. The number of para-hydroxylation sites is 1. The van der Waals surface area contributed by atoms with Gasteiger partial charge in [-0.3, -0.25) is 24.7 Å². The molecular formula is C42H50ClN7O5S2. The summed E-state index contributed by atoms with van der Waals surface area (Å²) in [5, 5.41) is 8.40. The fraction of sp³-hybridized carbons (Fsp3) is 0.429. The number of likely N-dealkylation sites (tertiary alicyclic amines) is 1. The van der Waals surface area contributed by atoms with E-state index in [1.54, 1.807) is 38.1 Å². The molecule has 3 N–H and O–H groups in total. The topological polar surface area (TPSA) is 146 Å². The number of benzene rings is 3. The molecule has 0 radical (unpaired) electrons. The maximum atomic E-state index is 13.1. The average molecular weight is 832 g/mol. The number of amides is 2. The number of nitrogens with zero attached hydrogens (tertiary/aromatic N) is 4. The van der Waals surface area contributed by atoms with E-state index in [-0.39, 0.29) is 51.0 Å². The number of nitrogens with one attached hydrogen (secondary N) is 3. The number of carbonyl (C=O) groups is 2. The highest BCUT2D eigenvalue weighted by atomic mass is 35.5. The van der Waals surface area contributed by atoms with Crippen LogP contribution >= 0.6 is 24.2 Å². The Kier molecular flexibility index (Phi) is 12.2. The summed E-state index contributed by atoms with van der Waals surface area (Å²) in [5.41, 5.74) is 7.03. The van der Waals surface area contributed by atoms with Crippen LogP contribution in [0.25, 0.3) is 0 Å². The second-order valence-corrected chi connectivity index (χ2v) is 19.1. The molecule has 0 spiro atoms. The second-order valence-electron chi connectivity index (χ2n) is 15.7. The molecule has 2 amide bonds. The van der Waals surface area contributed by atoms with Crippen LogP contribution in [0.2, 0.25) is 5.02 Å². The molecule has 2 unspecified atom stereocenters. The van der Waals surface area contributed by atoms with Crippen LogP contribution in [0, 0.1) is 6.92 Å². The number of imide groups is 1. The standard InChI is InChI=1S/C42H50ClN7O5S2/c1-24(2)55-36-20-31(26(5)18-34(36)46-42-44-21-32(43)39(48-42)45-33-8-6-7-9-37(33)57(53,54)25(3)4)28-14-16-49(17-15-28)22-27-10-11-30-29(19-27)23-50(41(30)56)35-12-13-38(51)47-40(35)52/h6-11,18-21,24-25,28,35,41,56H,12-17,22-23H2,1-5H3,(H,47,51,52)(H2,44,45,46,48). The minimum Gasteiger partial charge on any atom is -0.489 e. The van der Waals surface area contributed by atoms with Crippen LogP contribution in [0.4, 0.5) is 23.1 Å². The molecule has 0 bridgehead atoms. The third-order valence-corrected chi connectivity index (χ3v) is 14.0. The smallest absolute Gasteiger partial charge is 0.243 e. The van der Waals surface area contributed by atoms with E-state index in [1.165, 1.54) is 22.9 Å². The van der Waals surface area contributed by atoms with Crippen molar-refractivity contribution in [3.8, 4) is 5.75 Å². The number of ether oxygens (including phenoxy) is 1. The predicted molar refractivity (Wildman–Crippen MR) is 226 cm³/mol. The lowest BCUT2D eigenvalue weighted by Crippen LogP contribution is -2.51. The van der Waals surface area contributed by atoms with Crippen molar-refractivity contribution in [2.24, 2.45) is 0 Å². The van der Waals surface area contributed by atoms with E-state index in [9.17, 15) is 18.0 Å². The van der Waals surface area contributed by atoms with Gasteiger partial charge in [0, 0.05) is 19.5 Å². The molecule has 1 aromatic heterocycles. The number of aryl methyl sites for hydroxylation is 1. The van der Waals surface area contributed by atoms with Crippen LogP contribution in [0.3, 0.4) is 0 Å². The molecule has 2 saturated heterocycles. The molecule has 15 heteroatoms. The lowest BCUT2D eigenvalue weighted by atomic mass is 9.86. The molecule has 3 aliphatic rings. The van der Waals surface area contributed by atoms with Crippen LogP contribution in [0.15, 0.2) is 65.7 Å². The molecule has 7 rings (SSSR count). The average Bonchev–Trinajstić information content (AvgIpc) is 3.49. The first-order chi connectivity index (χ1) is 27.2. The van der Waals surface area contributed by atoms with Gasteiger partial charge in [-0.2, -0.15) is 17.6 Å². The van der Waals surface area contributed by atoms with Crippen molar-refractivity contribution in [1.29, 1.82) is 0 Å². The molecule has 4 aromatic rings. The van der Waals surface area contributed by atoms with Gasteiger partial charge < -0.3 is 15.4 Å². The number of hydrogen-bond donors (Lipinski definition) is 4. The van der Waals surface area contributed by atoms with E-state index < -0.39 is 15.1 Å². The number of halogens is 1. The van der Waals surface area contributed by atoms with Gasteiger partial charge in [0.15, 0.2) is 15.7 Å². The summed E-state index contributed by atoms with van der Waals surface area (Å²) >= 11 is 11.4. The number of aromatic nitrogens is 2. The molecule has 302 valence electrons. The number of rotatable bonds is 12. The van der Waals surface area contributed by atoms with E-state index in [4.69, 9.17) is 29.0 Å². The van der Waals surface area contributed by atoms with Gasteiger partial charge in [-0.1, -0.05) is 41.9 Å². The highest BCUT2D eigenvalue weighted by Gasteiger charge is 2.39. The molecule has 12 nitrogen and oxygen atoms in total. The molecule has 3 aromatic carbocycles. The summed E-state index contributed by atoms with van der Waals surface area (Å²) < 4.78 is 32.5. The van der Waals surface area contributed by atoms with Crippen molar-refractivity contribution in [1.82, 2.24) is 25.1 Å². The number of thiol groups is 1. The van der Waals surface area contributed by atoms with Gasteiger partial charge in [-0.15, -0.1) is 0 Å². The largest absolute Gasteiger partial charge is 0.489 e. The maximum absolute atomic E-state index is 13.1. The van der Waals surface area contributed by atoms with Crippen molar-refractivity contribution in [2.75, 3.05) is 23.7 Å². The predicted octanol–water partition coefficient (Wildman–Crippen LogP) is 7.82. The number of hydrogen-bond acceptors (Lipinski definition) is 12. The van der Waals surface area contributed by atoms with Gasteiger partial charge in [-0.25, -0.2) is 13.4 Å². The zero-order valence-corrected chi connectivity index (χ0v) is 35.3.